The predicted molar refractivity (Wildman–Crippen MR) is 146 cm³/mol. The van der Waals surface area contributed by atoms with Crippen LogP contribution in [0, 0.1) is 5.92 Å². The zero-order valence-electron chi connectivity index (χ0n) is 22.4. The second-order valence-corrected chi connectivity index (χ2v) is 11.7. The van der Waals surface area contributed by atoms with Crippen molar-refractivity contribution in [3.63, 3.8) is 0 Å². The summed E-state index contributed by atoms with van der Waals surface area (Å²) in [5.74, 6) is -0.275. The fourth-order valence-corrected chi connectivity index (χ4v) is 7.53. The third-order valence-corrected chi connectivity index (χ3v) is 8.97. The normalized spacial score (nSPS) is 23.2. The highest BCUT2D eigenvalue weighted by molar-refractivity contribution is 6.32. The Balaban J connectivity index is 1.76. The molecule has 1 aliphatic heterocycles. The second-order valence-electron chi connectivity index (χ2n) is 10.8. The molecule has 1 heterocycles. The molecule has 0 radical (unpaired) electrons. The van der Waals surface area contributed by atoms with E-state index in [1.807, 2.05) is 6.07 Å². The van der Waals surface area contributed by atoms with Crippen molar-refractivity contribution >= 4 is 41.1 Å². The molecule has 2 saturated carbocycles. The van der Waals surface area contributed by atoms with Gasteiger partial charge in [-0.2, -0.15) is 0 Å². The summed E-state index contributed by atoms with van der Waals surface area (Å²) in [4.78, 5) is 35.8. The lowest BCUT2D eigenvalue weighted by Crippen LogP contribution is -2.57. The quantitative estimate of drug-likeness (QED) is 0.276. The molecule has 2 atom stereocenters. The fraction of sp³-hybridized carbons (Fsp3) is 0.500. The van der Waals surface area contributed by atoms with Crippen molar-refractivity contribution < 1.29 is 33.3 Å². The molecule has 2 aliphatic carbocycles. The molecule has 39 heavy (non-hydrogen) atoms. The van der Waals surface area contributed by atoms with E-state index in [0.29, 0.717) is 22.8 Å². The Kier molecular flexibility index (Phi) is 7.59. The van der Waals surface area contributed by atoms with Crippen LogP contribution in [-0.4, -0.2) is 17.9 Å². The van der Waals surface area contributed by atoms with Gasteiger partial charge in [0.2, 0.25) is 0 Å². The van der Waals surface area contributed by atoms with Gasteiger partial charge in [0, 0.05) is 55.4 Å². The largest absolute Gasteiger partial charge is 0.482 e. The first kappa shape index (κ1) is 27.8. The summed E-state index contributed by atoms with van der Waals surface area (Å²) in [5.41, 5.74) is 0.553. The SMILES string of the molecule is CC(=O)Oc1cc2c(cc1Cl)C1(CCCCC1)[C@H]1CCCC[C@]1(c1cc(Cl)c(OC(C)=O)cc1OC(C)=O)O2. The Morgan fingerprint density at radius 3 is 1.87 bits per heavy atom. The number of rotatable bonds is 4. The summed E-state index contributed by atoms with van der Waals surface area (Å²) in [5, 5.41) is 0.591. The molecule has 2 aromatic rings. The molecule has 208 valence electrons. The summed E-state index contributed by atoms with van der Waals surface area (Å²) in [6.07, 6.45) is 8.72. The number of hydrogen-bond acceptors (Lipinski definition) is 7. The van der Waals surface area contributed by atoms with Crippen LogP contribution in [0.15, 0.2) is 24.3 Å². The first-order valence-electron chi connectivity index (χ1n) is 13.5. The van der Waals surface area contributed by atoms with Gasteiger partial charge in [0.1, 0.15) is 17.1 Å². The van der Waals surface area contributed by atoms with E-state index in [2.05, 4.69) is 0 Å². The highest BCUT2D eigenvalue weighted by Gasteiger charge is 2.60. The summed E-state index contributed by atoms with van der Waals surface area (Å²) in [6.45, 7) is 3.94. The molecule has 3 aliphatic rings. The lowest BCUT2D eigenvalue weighted by Gasteiger charge is -2.59. The zero-order chi connectivity index (χ0) is 27.9. The van der Waals surface area contributed by atoms with Gasteiger partial charge in [-0.1, -0.05) is 48.9 Å². The van der Waals surface area contributed by atoms with Crippen molar-refractivity contribution in [2.24, 2.45) is 5.92 Å². The summed E-state index contributed by atoms with van der Waals surface area (Å²) in [6, 6.07) is 6.82. The summed E-state index contributed by atoms with van der Waals surface area (Å²) >= 11 is 13.3. The van der Waals surface area contributed by atoms with E-state index < -0.39 is 23.5 Å². The topological polar surface area (TPSA) is 88.1 Å². The molecule has 9 heteroatoms. The van der Waals surface area contributed by atoms with Gasteiger partial charge in [-0.05, 0) is 44.2 Å². The first-order valence-corrected chi connectivity index (χ1v) is 14.2. The Hall–Kier alpha value is -2.77. The van der Waals surface area contributed by atoms with Crippen LogP contribution >= 0.6 is 23.2 Å². The van der Waals surface area contributed by atoms with E-state index in [4.69, 9.17) is 42.1 Å². The lowest BCUT2D eigenvalue weighted by atomic mass is 9.51. The minimum absolute atomic E-state index is 0.0483. The van der Waals surface area contributed by atoms with Crippen molar-refractivity contribution in [2.45, 2.75) is 89.6 Å². The smallest absolute Gasteiger partial charge is 0.308 e. The van der Waals surface area contributed by atoms with Crippen LogP contribution in [0.1, 0.15) is 89.7 Å². The minimum Gasteiger partial charge on any atom is -0.482 e. The average Bonchev–Trinajstić information content (AvgIpc) is 2.87. The molecule has 0 saturated heterocycles. The van der Waals surface area contributed by atoms with Gasteiger partial charge in [0.25, 0.3) is 0 Å². The van der Waals surface area contributed by atoms with Gasteiger partial charge in [0.15, 0.2) is 11.5 Å². The monoisotopic (exact) mass is 574 g/mol. The summed E-state index contributed by atoms with van der Waals surface area (Å²) < 4.78 is 23.5. The molecule has 5 rings (SSSR count). The molecule has 0 bridgehead atoms. The molecular formula is C30H32Cl2O7. The Labute approximate surface area is 238 Å². The highest BCUT2D eigenvalue weighted by atomic mass is 35.5. The third-order valence-electron chi connectivity index (χ3n) is 8.38. The molecule has 2 aromatic carbocycles. The standard InChI is InChI=1S/C30H32Cl2O7/c1-17(33)36-24-15-26(37-18(2)34)23(32)14-21(24)30-12-8-5-9-28(30)29(10-6-4-7-11-29)20-13-22(31)27(38-19(3)35)16-25(20)39-30/h13-16,28H,4-12H2,1-3H3/t28-,30-/m1/s1. The van der Waals surface area contributed by atoms with E-state index in [1.54, 1.807) is 12.1 Å². The number of carbonyl (C=O) groups is 3. The summed E-state index contributed by atoms with van der Waals surface area (Å²) in [7, 11) is 0. The van der Waals surface area contributed by atoms with E-state index in [9.17, 15) is 14.4 Å². The van der Waals surface area contributed by atoms with Crippen molar-refractivity contribution in [3.05, 3.63) is 45.4 Å². The van der Waals surface area contributed by atoms with Gasteiger partial charge in [-0.15, -0.1) is 0 Å². The molecule has 2 fully saturated rings. The van der Waals surface area contributed by atoms with E-state index in [1.165, 1.54) is 26.8 Å². The van der Waals surface area contributed by atoms with Crippen LogP contribution in [0.4, 0.5) is 0 Å². The number of fused-ring (bicyclic) bond motifs is 4. The van der Waals surface area contributed by atoms with Gasteiger partial charge in [-0.25, -0.2) is 0 Å². The number of esters is 3. The third kappa shape index (κ3) is 5.00. The molecule has 0 unspecified atom stereocenters. The second kappa shape index (κ2) is 10.7. The first-order chi connectivity index (χ1) is 18.6. The molecule has 1 spiro atoms. The molecule has 0 aromatic heterocycles. The number of ether oxygens (including phenoxy) is 4. The van der Waals surface area contributed by atoms with Gasteiger partial charge in [-0.3, -0.25) is 14.4 Å². The number of halogens is 2. The molecule has 0 amide bonds. The Morgan fingerprint density at radius 1 is 0.718 bits per heavy atom. The van der Waals surface area contributed by atoms with Crippen LogP contribution in [0.3, 0.4) is 0 Å². The maximum absolute atomic E-state index is 12.2. The Bertz CT molecular complexity index is 1330. The maximum atomic E-state index is 12.2. The average molecular weight is 575 g/mol. The zero-order valence-corrected chi connectivity index (χ0v) is 23.9. The highest BCUT2D eigenvalue weighted by Crippen LogP contribution is 2.65. The van der Waals surface area contributed by atoms with Crippen LogP contribution in [0.5, 0.6) is 23.0 Å². The molecular weight excluding hydrogens is 543 g/mol. The van der Waals surface area contributed by atoms with Crippen LogP contribution < -0.4 is 18.9 Å². The van der Waals surface area contributed by atoms with Crippen LogP contribution in [0.2, 0.25) is 10.0 Å². The molecule has 7 nitrogen and oxygen atoms in total. The van der Waals surface area contributed by atoms with Gasteiger partial charge < -0.3 is 18.9 Å². The number of carbonyl (C=O) groups excluding carboxylic acids is 3. The van der Waals surface area contributed by atoms with Gasteiger partial charge in [0.05, 0.1) is 10.0 Å². The van der Waals surface area contributed by atoms with Crippen molar-refractivity contribution in [1.82, 2.24) is 0 Å². The van der Waals surface area contributed by atoms with Crippen LogP contribution in [-0.2, 0) is 25.4 Å². The number of hydrogen-bond donors (Lipinski definition) is 0. The molecule has 0 N–H and O–H groups in total. The van der Waals surface area contributed by atoms with E-state index in [-0.39, 0.29) is 33.6 Å². The number of benzene rings is 2. The Morgan fingerprint density at radius 2 is 1.26 bits per heavy atom. The van der Waals surface area contributed by atoms with E-state index in [0.717, 1.165) is 56.9 Å². The lowest BCUT2D eigenvalue weighted by molar-refractivity contribution is -0.133. The van der Waals surface area contributed by atoms with Crippen LogP contribution in [0.25, 0.3) is 0 Å². The minimum atomic E-state index is -0.882. The fourth-order valence-electron chi connectivity index (χ4n) is 7.13. The van der Waals surface area contributed by atoms with Crippen molar-refractivity contribution in [1.29, 1.82) is 0 Å². The maximum Gasteiger partial charge on any atom is 0.308 e. The van der Waals surface area contributed by atoms with Crippen molar-refractivity contribution in [2.75, 3.05) is 0 Å². The van der Waals surface area contributed by atoms with Gasteiger partial charge >= 0.3 is 17.9 Å². The van der Waals surface area contributed by atoms with E-state index >= 15 is 0 Å². The van der Waals surface area contributed by atoms with Crippen molar-refractivity contribution in [3.8, 4) is 23.0 Å². The predicted octanol–water partition coefficient (Wildman–Crippen LogP) is 7.45.